The highest BCUT2D eigenvalue weighted by Crippen LogP contribution is 2.28. The van der Waals surface area contributed by atoms with E-state index in [9.17, 15) is 18.0 Å². The minimum atomic E-state index is -4.48. The summed E-state index contributed by atoms with van der Waals surface area (Å²) in [4.78, 5) is 25.2. The first-order valence-corrected chi connectivity index (χ1v) is 8.22. The number of anilines is 1. The van der Waals surface area contributed by atoms with E-state index in [-0.39, 0.29) is 17.4 Å². The second-order valence-corrected chi connectivity index (χ2v) is 6.24. The second-order valence-electron chi connectivity index (χ2n) is 6.24. The minimum absolute atomic E-state index is 0.0368. The highest BCUT2D eigenvalue weighted by molar-refractivity contribution is 5.36. The fourth-order valence-electron chi connectivity index (χ4n) is 2.90. The third kappa shape index (κ3) is 4.37. The summed E-state index contributed by atoms with van der Waals surface area (Å²) in [6.07, 6.45) is -0.555. The molecule has 1 N–H and O–H groups in total. The van der Waals surface area contributed by atoms with Crippen LogP contribution in [0.5, 0.6) is 0 Å². The van der Waals surface area contributed by atoms with Gasteiger partial charge in [-0.3, -0.25) is 14.3 Å². The third-order valence-corrected chi connectivity index (χ3v) is 4.42. The van der Waals surface area contributed by atoms with Gasteiger partial charge in [-0.1, -0.05) is 0 Å². The highest BCUT2D eigenvalue weighted by atomic mass is 19.4. The van der Waals surface area contributed by atoms with E-state index in [0.29, 0.717) is 12.4 Å². The van der Waals surface area contributed by atoms with Gasteiger partial charge in [-0.25, -0.2) is 15.0 Å². The Labute approximate surface area is 147 Å². The number of likely N-dealkylation sites (tertiary alicyclic amines) is 1. The van der Waals surface area contributed by atoms with E-state index in [2.05, 4.69) is 25.2 Å². The van der Waals surface area contributed by atoms with Crippen molar-refractivity contribution in [2.24, 2.45) is 7.05 Å². The molecule has 0 bridgehead atoms. The van der Waals surface area contributed by atoms with Crippen LogP contribution in [-0.4, -0.2) is 43.6 Å². The molecule has 0 amide bonds. The van der Waals surface area contributed by atoms with Gasteiger partial charge >= 0.3 is 6.18 Å². The van der Waals surface area contributed by atoms with Crippen molar-refractivity contribution in [2.75, 3.05) is 18.4 Å². The van der Waals surface area contributed by atoms with Crippen molar-refractivity contribution in [3.63, 3.8) is 0 Å². The van der Waals surface area contributed by atoms with E-state index < -0.39 is 11.9 Å². The Morgan fingerprint density at radius 3 is 2.65 bits per heavy atom. The van der Waals surface area contributed by atoms with Gasteiger partial charge < -0.3 is 5.32 Å². The maximum absolute atomic E-state index is 12.7. The Hall–Kier alpha value is -2.49. The second kappa shape index (κ2) is 7.40. The van der Waals surface area contributed by atoms with Crippen LogP contribution in [0.1, 0.15) is 24.4 Å². The van der Waals surface area contributed by atoms with E-state index in [1.165, 1.54) is 16.8 Å². The van der Waals surface area contributed by atoms with Crippen molar-refractivity contribution in [3.8, 4) is 0 Å². The van der Waals surface area contributed by atoms with Gasteiger partial charge in [-0.2, -0.15) is 13.2 Å². The minimum Gasteiger partial charge on any atom is -0.367 e. The standard InChI is InChI=1S/C16H19F3N6O/c1-24-14(20-5-2-15(24)26)9-25-6-3-11(4-7-25)23-13-8-12(16(17,18)19)21-10-22-13/h2,5,8,10-11H,3-4,6-7,9H2,1H3,(H,21,22,23). The largest absolute Gasteiger partial charge is 0.433 e. The summed E-state index contributed by atoms with van der Waals surface area (Å²) >= 11 is 0. The summed E-state index contributed by atoms with van der Waals surface area (Å²) in [5, 5.41) is 3.05. The van der Waals surface area contributed by atoms with Crippen molar-refractivity contribution < 1.29 is 13.2 Å². The van der Waals surface area contributed by atoms with Crippen molar-refractivity contribution in [2.45, 2.75) is 31.6 Å². The van der Waals surface area contributed by atoms with Gasteiger partial charge in [0.25, 0.3) is 5.56 Å². The molecule has 1 aliphatic heterocycles. The molecule has 0 spiro atoms. The fraction of sp³-hybridized carbons (Fsp3) is 0.500. The number of piperidine rings is 1. The zero-order valence-corrected chi connectivity index (χ0v) is 14.2. The average molecular weight is 368 g/mol. The summed E-state index contributed by atoms with van der Waals surface area (Å²) in [5.74, 6) is 0.868. The van der Waals surface area contributed by atoms with E-state index in [1.54, 1.807) is 7.05 Å². The predicted octanol–water partition coefficient (Wildman–Crippen LogP) is 1.67. The van der Waals surface area contributed by atoms with Crippen molar-refractivity contribution in [1.82, 2.24) is 24.4 Å². The maximum atomic E-state index is 12.7. The number of alkyl halides is 3. The van der Waals surface area contributed by atoms with Gasteiger partial charge in [-0.05, 0) is 12.8 Å². The van der Waals surface area contributed by atoms with Crippen LogP contribution < -0.4 is 10.9 Å². The zero-order chi connectivity index (χ0) is 18.7. The maximum Gasteiger partial charge on any atom is 0.433 e. The Kier molecular flexibility index (Phi) is 5.21. The molecule has 0 saturated carbocycles. The molecule has 3 heterocycles. The third-order valence-electron chi connectivity index (χ3n) is 4.42. The molecule has 10 heteroatoms. The van der Waals surface area contributed by atoms with Gasteiger partial charge in [0.15, 0.2) is 0 Å². The average Bonchev–Trinajstić information content (AvgIpc) is 2.60. The quantitative estimate of drug-likeness (QED) is 0.885. The first-order chi connectivity index (χ1) is 12.3. The molecule has 3 rings (SSSR count). The Bertz CT molecular complexity index is 814. The molecule has 7 nitrogen and oxygen atoms in total. The lowest BCUT2D eigenvalue weighted by Crippen LogP contribution is -2.40. The van der Waals surface area contributed by atoms with Crippen molar-refractivity contribution in [3.05, 3.63) is 46.5 Å². The van der Waals surface area contributed by atoms with Crippen LogP contribution in [0.4, 0.5) is 19.0 Å². The van der Waals surface area contributed by atoms with Crippen molar-refractivity contribution in [1.29, 1.82) is 0 Å². The lowest BCUT2D eigenvalue weighted by atomic mass is 10.0. The normalized spacial score (nSPS) is 16.6. The van der Waals surface area contributed by atoms with E-state index in [0.717, 1.165) is 38.3 Å². The molecule has 2 aromatic rings. The lowest BCUT2D eigenvalue weighted by molar-refractivity contribution is -0.141. The molecule has 0 aliphatic carbocycles. The molecule has 1 fully saturated rings. The molecule has 26 heavy (non-hydrogen) atoms. The van der Waals surface area contributed by atoms with E-state index in [1.807, 2.05) is 0 Å². The predicted molar refractivity (Wildman–Crippen MR) is 88.4 cm³/mol. The number of halogens is 3. The molecule has 2 aromatic heterocycles. The molecule has 0 aromatic carbocycles. The number of hydrogen-bond donors (Lipinski definition) is 1. The molecule has 0 radical (unpaired) electrons. The summed E-state index contributed by atoms with van der Waals surface area (Å²) < 4.78 is 39.7. The smallest absolute Gasteiger partial charge is 0.367 e. The van der Waals surface area contributed by atoms with Crippen molar-refractivity contribution >= 4 is 5.82 Å². The van der Waals surface area contributed by atoms with E-state index in [4.69, 9.17) is 0 Å². The van der Waals surface area contributed by atoms with Crippen LogP contribution in [0.15, 0.2) is 29.5 Å². The first-order valence-electron chi connectivity index (χ1n) is 8.22. The Morgan fingerprint density at radius 2 is 1.96 bits per heavy atom. The molecule has 1 saturated heterocycles. The molecule has 140 valence electrons. The van der Waals surface area contributed by atoms with Crippen LogP contribution in [0.25, 0.3) is 0 Å². The summed E-state index contributed by atoms with van der Waals surface area (Å²) in [7, 11) is 1.69. The molecular weight excluding hydrogens is 349 g/mol. The lowest BCUT2D eigenvalue weighted by Gasteiger charge is -2.32. The molecule has 0 atom stereocenters. The monoisotopic (exact) mass is 368 g/mol. The first kappa shape index (κ1) is 18.3. The van der Waals surface area contributed by atoms with Gasteiger partial charge in [0.1, 0.15) is 23.7 Å². The van der Waals surface area contributed by atoms with Crippen LogP contribution in [-0.2, 0) is 19.8 Å². The molecular formula is C16H19F3N6O. The highest BCUT2D eigenvalue weighted by Gasteiger charge is 2.33. The van der Waals surface area contributed by atoms with Crippen LogP contribution in [0.2, 0.25) is 0 Å². The Balaban J connectivity index is 1.56. The van der Waals surface area contributed by atoms with Gasteiger partial charge in [-0.15, -0.1) is 0 Å². The number of aromatic nitrogens is 4. The number of nitrogens with one attached hydrogen (secondary N) is 1. The summed E-state index contributed by atoms with van der Waals surface area (Å²) in [5.41, 5.74) is -1.06. The summed E-state index contributed by atoms with van der Waals surface area (Å²) in [6.45, 7) is 2.06. The molecule has 1 aliphatic rings. The van der Waals surface area contributed by atoms with Crippen LogP contribution >= 0.6 is 0 Å². The number of hydrogen-bond acceptors (Lipinski definition) is 6. The van der Waals surface area contributed by atoms with Gasteiger partial charge in [0.2, 0.25) is 0 Å². The van der Waals surface area contributed by atoms with Crippen LogP contribution in [0.3, 0.4) is 0 Å². The SMILES string of the molecule is Cn1c(CN2CCC(Nc3cc(C(F)(F)F)ncn3)CC2)nccc1=O. The Morgan fingerprint density at radius 1 is 1.23 bits per heavy atom. The summed E-state index contributed by atoms with van der Waals surface area (Å²) in [6, 6.07) is 2.38. The topological polar surface area (TPSA) is 75.9 Å². The number of nitrogens with zero attached hydrogens (tertiary/aromatic N) is 5. The van der Waals surface area contributed by atoms with Gasteiger partial charge in [0, 0.05) is 44.5 Å². The number of rotatable bonds is 4. The van der Waals surface area contributed by atoms with Gasteiger partial charge in [0.05, 0.1) is 6.54 Å². The zero-order valence-electron chi connectivity index (χ0n) is 14.2. The fourth-order valence-corrected chi connectivity index (χ4v) is 2.90. The van der Waals surface area contributed by atoms with E-state index >= 15 is 0 Å². The molecule has 0 unspecified atom stereocenters. The van der Waals surface area contributed by atoms with Crippen LogP contribution in [0, 0.1) is 0 Å².